The summed E-state index contributed by atoms with van der Waals surface area (Å²) in [6.07, 6.45) is 1.39. The Labute approximate surface area is 255 Å². The summed E-state index contributed by atoms with van der Waals surface area (Å²) in [6.45, 7) is 13.4. The lowest BCUT2D eigenvalue weighted by Crippen LogP contribution is -2.21. The van der Waals surface area contributed by atoms with Gasteiger partial charge >= 0.3 is 12.0 Å². The molecule has 0 aliphatic carbocycles. The minimum Gasteiger partial charge on any atom is -0.438 e. The van der Waals surface area contributed by atoms with Gasteiger partial charge in [0, 0.05) is 34.5 Å². The first-order valence-electron chi connectivity index (χ1n) is 14.1. The lowest BCUT2D eigenvalue weighted by molar-refractivity contribution is -0.138. The highest BCUT2D eigenvalue weighted by atomic mass is 16.5. The fourth-order valence-electron chi connectivity index (χ4n) is 4.45. The van der Waals surface area contributed by atoms with Crippen molar-refractivity contribution in [2.45, 2.75) is 46.5 Å². The van der Waals surface area contributed by atoms with Gasteiger partial charge in [0.15, 0.2) is 0 Å². The molecule has 10 nitrogen and oxygen atoms in total. The zero-order valence-corrected chi connectivity index (χ0v) is 25.3. The summed E-state index contributed by atoms with van der Waals surface area (Å²) < 4.78 is 12.8. The largest absolute Gasteiger partial charge is 0.438 e. The van der Waals surface area contributed by atoms with E-state index >= 15 is 0 Å². The molecule has 10 heteroatoms. The fraction of sp³-hybridized carbons (Fsp3) is 0.206. The van der Waals surface area contributed by atoms with Crippen molar-refractivity contribution in [3.05, 3.63) is 108 Å². The zero-order chi connectivity index (χ0) is 31.4. The lowest BCUT2D eigenvalue weighted by atomic mass is 9.92. The van der Waals surface area contributed by atoms with E-state index in [4.69, 9.17) is 14.6 Å². The van der Waals surface area contributed by atoms with Crippen LogP contribution >= 0.6 is 0 Å². The first-order chi connectivity index (χ1) is 21.0. The summed E-state index contributed by atoms with van der Waals surface area (Å²) in [5.74, 6) is 1.38. The Hall–Kier alpha value is -5.51. The predicted molar refractivity (Wildman–Crippen MR) is 170 cm³/mol. The van der Waals surface area contributed by atoms with Crippen LogP contribution in [0.1, 0.15) is 44.8 Å². The van der Waals surface area contributed by atoms with Gasteiger partial charge in [0.05, 0.1) is 22.8 Å². The zero-order valence-electron chi connectivity index (χ0n) is 25.3. The molecule has 0 saturated carbocycles. The fourth-order valence-corrected chi connectivity index (χ4v) is 4.45. The second-order valence-corrected chi connectivity index (χ2v) is 11.4. The molecule has 0 saturated heterocycles. The van der Waals surface area contributed by atoms with E-state index in [0.29, 0.717) is 23.0 Å². The molecule has 0 atom stereocenters. The first kappa shape index (κ1) is 30.0. The maximum absolute atomic E-state index is 13.3. The van der Waals surface area contributed by atoms with Gasteiger partial charge in [0.2, 0.25) is 5.88 Å². The molecule has 5 rings (SSSR count). The molecule has 44 heavy (non-hydrogen) atoms. The van der Waals surface area contributed by atoms with Crippen molar-refractivity contribution in [3.63, 3.8) is 0 Å². The Morgan fingerprint density at radius 1 is 0.955 bits per heavy atom. The van der Waals surface area contributed by atoms with Crippen molar-refractivity contribution in [2.24, 2.45) is 0 Å². The second-order valence-electron chi connectivity index (χ2n) is 11.4. The molecule has 2 aromatic heterocycles. The number of anilines is 2. The number of carbonyl (C=O) groups excluding carboxylic acids is 2. The molecular weight excluding hydrogens is 556 g/mol. The third-order valence-electron chi connectivity index (χ3n) is 6.62. The molecule has 5 aromatic rings. The van der Waals surface area contributed by atoms with Crippen LogP contribution in [0.2, 0.25) is 0 Å². The molecule has 0 unspecified atom stereocenters. The predicted octanol–water partition coefficient (Wildman–Crippen LogP) is 7.48. The third-order valence-corrected chi connectivity index (χ3v) is 6.62. The quantitative estimate of drug-likeness (QED) is 0.142. The molecule has 0 bridgehead atoms. The number of rotatable bonds is 8. The number of aryl methyl sites for hydroxylation is 1. The number of amides is 2. The average molecular weight is 591 g/mol. The van der Waals surface area contributed by atoms with Crippen LogP contribution in [0.4, 0.5) is 16.3 Å². The van der Waals surface area contributed by atoms with E-state index in [0.717, 1.165) is 27.7 Å². The van der Waals surface area contributed by atoms with E-state index in [1.54, 1.807) is 29.8 Å². The monoisotopic (exact) mass is 590 g/mol. The van der Waals surface area contributed by atoms with Crippen LogP contribution in [-0.2, 0) is 21.4 Å². The lowest BCUT2D eigenvalue weighted by Gasteiger charge is -2.14. The molecule has 2 N–H and O–H groups in total. The van der Waals surface area contributed by atoms with Crippen LogP contribution in [0.25, 0.3) is 16.5 Å². The maximum atomic E-state index is 13.3. The molecule has 0 aliphatic heterocycles. The maximum Gasteiger partial charge on any atom is 0.324 e. The van der Waals surface area contributed by atoms with Crippen LogP contribution < -0.4 is 15.4 Å². The van der Waals surface area contributed by atoms with Crippen molar-refractivity contribution in [1.82, 2.24) is 19.7 Å². The average Bonchev–Trinajstić information content (AvgIpc) is 3.39. The van der Waals surface area contributed by atoms with Crippen LogP contribution in [0.5, 0.6) is 11.6 Å². The summed E-state index contributed by atoms with van der Waals surface area (Å²) in [5, 5.41) is 12.3. The number of nitrogens with zero attached hydrogens (tertiary/aromatic N) is 4. The van der Waals surface area contributed by atoms with E-state index < -0.39 is 12.0 Å². The SMILES string of the molecule is C=C(C)OC(=O)Cc1nccc(Oc2ccc(NC(=O)Nc3cc(C(C)(C)C)nn3-c3ccc(C)cc3)c3ccccc23)n1. The van der Waals surface area contributed by atoms with Gasteiger partial charge < -0.3 is 14.8 Å². The number of benzene rings is 3. The van der Waals surface area contributed by atoms with Crippen molar-refractivity contribution in [2.75, 3.05) is 10.6 Å². The third kappa shape index (κ3) is 7.09. The number of fused-ring (bicyclic) bond motifs is 1. The molecule has 0 fully saturated rings. The molecule has 0 spiro atoms. The van der Waals surface area contributed by atoms with Gasteiger partial charge in [-0.05, 0) is 38.1 Å². The minimum atomic E-state index is -0.509. The molecule has 2 amide bonds. The standard InChI is InChI=1S/C34H34N6O4/c1-21(2)43-32(41)20-29-35-18-17-31(37-29)44-27-16-15-26(24-9-7-8-10-25(24)27)36-33(42)38-30-19-28(34(4,5)6)39-40(30)23-13-11-22(3)12-14-23/h7-19H,1,20H2,2-6H3,(H2,36,38,42). The number of nitrogens with one attached hydrogen (secondary N) is 2. The van der Waals surface area contributed by atoms with E-state index in [1.165, 1.54) is 6.20 Å². The second kappa shape index (κ2) is 12.4. The Bertz CT molecular complexity index is 1850. The van der Waals surface area contributed by atoms with Crippen molar-refractivity contribution < 1.29 is 19.1 Å². The number of aromatic nitrogens is 4. The molecule has 3 aromatic carbocycles. The van der Waals surface area contributed by atoms with Gasteiger partial charge in [-0.3, -0.25) is 10.1 Å². The Balaban J connectivity index is 1.37. The number of ether oxygens (including phenoxy) is 2. The van der Waals surface area contributed by atoms with Crippen molar-refractivity contribution in [3.8, 4) is 17.3 Å². The first-order valence-corrected chi connectivity index (χ1v) is 14.1. The number of esters is 1. The smallest absolute Gasteiger partial charge is 0.324 e. The van der Waals surface area contributed by atoms with E-state index in [9.17, 15) is 9.59 Å². The van der Waals surface area contributed by atoms with Gasteiger partial charge in [-0.2, -0.15) is 10.1 Å². The summed E-state index contributed by atoms with van der Waals surface area (Å²) in [5.41, 5.74) is 3.20. The Kier molecular flexibility index (Phi) is 8.43. The van der Waals surface area contributed by atoms with E-state index in [1.807, 2.05) is 61.5 Å². The summed E-state index contributed by atoms with van der Waals surface area (Å²) in [7, 11) is 0. The highest BCUT2D eigenvalue weighted by molar-refractivity contribution is 6.07. The van der Waals surface area contributed by atoms with Crippen LogP contribution in [0.15, 0.2) is 91.3 Å². The van der Waals surface area contributed by atoms with Crippen molar-refractivity contribution in [1.29, 1.82) is 0 Å². The van der Waals surface area contributed by atoms with Crippen molar-refractivity contribution >= 4 is 34.3 Å². The summed E-state index contributed by atoms with van der Waals surface area (Å²) in [4.78, 5) is 33.8. The number of carbonyl (C=O) groups is 2. The number of hydrogen-bond donors (Lipinski definition) is 2. The molecule has 0 radical (unpaired) electrons. The number of hydrogen-bond acceptors (Lipinski definition) is 7. The van der Waals surface area contributed by atoms with Crippen LogP contribution in [-0.4, -0.2) is 31.7 Å². The topological polar surface area (TPSA) is 120 Å². The number of urea groups is 1. The van der Waals surface area contributed by atoms with Gasteiger partial charge in [-0.15, -0.1) is 0 Å². The molecule has 0 aliphatic rings. The molecule has 224 valence electrons. The van der Waals surface area contributed by atoms with Crippen LogP contribution in [0, 0.1) is 6.92 Å². The van der Waals surface area contributed by atoms with Gasteiger partial charge in [-0.1, -0.05) is 69.3 Å². The van der Waals surface area contributed by atoms with Gasteiger partial charge in [-0.25, -0.2) is 14.5 Å². The van der Waals surface area contributed by atoms with E-state index in [-0.39, 0.29) is 23.5 Å². The molecule has 2 heterocycles. The van der Waals surface area contributed by atoms with Gasteiger partial charge in [0.25, 0.3) is 0 Å². The highest BCUT2D eigenvalue weighted by Gasteiger charge is 2.22. The van der Waals surface area contributed by atoms with E-state index in [2.05, 4.69) is 48.0 Å². The highest BCUT2D eigenvalue weighted by Crippen LogP contribution is 2.34. The Morgan fingerprint density at radius 2 is 1.68 bits per heavy atom. The molecular formula is C34H34N6O4. The van der Waals surface area contributed by atoms with Crippen LogP contribution in [0.3, 0.4) is 0 Å². The minimum absolute atomic E-state index is 0.122. The number of allylic oxidation sites excluding steroid dienone is 1. The Morgan fingerprint density at radius 3 is 2.39 bits per heavy atom. The summed E-state index contributed by atoms with van der Waals surface area (Å²) >= 11 is 0. The van der Waals surface area contributed by atoms with Gasteiger partial charge in [0.1, 0.15) is 23.8 Å². The summed E-state index contributed by atoms with van der Waals surface area (Å²) in [6, 6.07) is 22.1. The normalized spacial score (nSPS) is 11.2.